The van der Waals surface area contributed by atoms with Crippen LogP contribution in [0.25, 0.3) is 22.3 Å². The van der Waals surface area contributed by atoms with E-state index in [1.54, 1.807) is 0 Å². The lowest BCUT2D eigenvalue weighted by atomic mass is 9.90. The van der Waals surface area contributed by atoms with Gasteiger partial charge < -0.3 is 0 Å². The van der Waals surface area contributed by atoms with Crippen molar-refractivity contribution in [2.75, 3.05) is 0 Å². The van der Waals surface area contributed by atoms with Crippen molar-refractivity contribution in [2.45, 2.75) is 32.6 Å². The van der Waals surface area contributed by atoms with E-state index in [4.69, 9.17) is 0 Å². The molecule has 0 N–H and O–H groups in total. The maximum atomic E-state index is 9.57. The monoisotopic (exact) mass is 325 g/mol. The zero-order valence-corrected chi connectivity index (χ0v) is 14.7. The summed E-state index contributed by atoms with van der Waals surface area (Å²) < 4.78 is 0. The van der Waals surface area contributed by atoms with E-state index >= 15 is 0 Å². The van der Waals surface area contributed by atoms with Crippen molar-refractivity contribution in [1.29, 1.82) is 5.26 Å². The normalized spacial score (nSPS) is 10.4. The largest absolute Gasteiger partial charge is 0.192 e. The van der Waals surface area contributed by atoms with Crippen molar-refractivity contribution in [3.8, 4) is 28.3 Å². The van der Waals surface area contributed by atoms with Gasteiger partial charge in [0.15, 0.2) is 0 Å². The molecule has 0 saturated heterocycles. The molecular formula is C24H23N. The van der Waals surface area contributed by atoms with E-state index in [1.165, 1.54) is 24.8 Å². The van der Waals surface area contributed by atoms with Crippen LogP contribution in [-0.2, 0) is 6.42 Å². The summed E-state index contributed by atoms with van der Waals surface area (Å²) in [7, 11) is 0. The van der Waals surface area contributed by atoms with Gasteiger partial charge >= 0.3 is 0 Å². The molecule has 0 saturated carbocycles. The van der Waals surface area contributed by atoms with Crippen molar-refractivity contribution in [2.24, 2.45) is 0 Å². The lowest BCUT2D eigenvalue weighted by molar-refractivity contribution is 0.717. The van der Waals surface area contributed by atoms with Crippen molar-refractivity contribution in [3.63, 3.8) is 0 Å². The molecule has 0 heterocycles. The van der Waals surface area contributed by atoms with Crippen LogP contribution in [0.15, 0.2) is 72.8 Å². The maximum Gasteiger partial charge on any atom is 0.0998 e. The van der Waals surface area contributed by atoms with Crippen LogP contribution in [0, 0.1) is 11.3 Å². The van der Waals surface area contributed by atoms with Gasteiger partial charge in [0.05, 0.1) is 11.6 Å². The standard InChI is InChI=1S/C24H23N/c1-2-3-5-9-19-14-16-20(17-15-19)23-13-8-12-22(18-25)24(23)21-10-6-4-7-11-21/h4,6-8,10-17H,2-3,5,9H2,1H3. The highest BCUT2D eigenvalue weighted by Gasteiger charge is 2.12. The Morgan fingerprint density at radius 3 is 2.20 bits per heavy atom. The minimum atomic E-state index is 0.718. The highest BCUT2D eigenvalue weighted by Crippen LogP contribution is 2.34. The van der Waals surface area contributed by atoms with Gasteiger partial charge in [0.1, 0.15) is 0 Å². The van der Waals surface area contributed by atoms with Gasteiger partial charge in [-0.15, -0.1) is 0 Å². The fraction of sp³-hybridized carbons (Fsp3) is 0.208. The summed E-state index contributed by atoms with van der Waals surface area (Å²) in [6, 6.07) is 27.3. The zero-order valence-electron chi connectivity index (χ0n) is 14.7. The molecule has 3 aromatic carbocycles. The molecule has 3 rings (SSSR count). The Bertz CT molecular complexity index is 855. The minimum Gasteiger partial charge on any atom is -0.192 e. The SMILES string of the molecule is CCCCCc1ccc(-c2cccc(C#N)c2-c2ccccc2)cc1. The quantitative estimate of drug-likeness (QED) is 0.467. The van der Waals surface area contributed by atoms with E-state index in [1.807, 2.05) is 30.3 Å². The lowest BCUT2D eigenvalue weighted by Crippen LogP contribution is -1.91. The van der Waals surface area contributed by atoms with Crippen LogP contribution >= 0.6 is 0 Å². The number of unbranched alkanes of at least 4 members (excludes halogenated alkanes) is 2. The summed E-state index contributed by atoms with van der Waals surface area (Å²) in [5.74, 6) is 0. The molecule has 1 heteroatoms. The van der Waals surface area contributed by atoms with Crippen LogP contribution in [0.5, 0.6) is 0 Å². The van der Waals surface area contributed by atoms with Gasteiger partial charge in [0, 0.05) is 5.56 Å². The summed E-state index contributed by atoms with van der Waals surface area (Å²) >= 11 is 0. The molecule has 0 amide bonds. The first-order valence-electron chi connectivity index (χ1n) is 9.01. The number of nitriles is 1. The van der Waals surface area contributed by atoms with Gasteiger partial charge in [-0.05, 0) is 41.2 Å². The molecule has 0 aromatic heterocycles. The Labute approximate surface area is 150 Å². The number of rotatable bonds is 6. The average molecular weight is 325 g/mol. The number of nitrogens with zero attached hydrogens (tertiary/aromatic N) is 1. The molecule has 0 bridgehead atoms. The van der Waals surface area contributed by atoms with Crippen LogP contribution < -0.4 is 0 Å². The van der Waals surface area contributed by atoms with E-state index in [0.717, 1.165) is 34.2 Å². The van der Waals surface area contributed by atoms with E-state index in [0.29, 0.717) is 0 Å². The van der Waals surface area contributed by atoms with Gasteiger partial charge in [-0.1, -0.05) is 86.5 Å². The van der Waals surface area contributed by atoms with Crippen molar-refractivity contribution >= 4 is 0 Å². The maximum absolute atomic E-state index is 9.57. The Hall–Kier alpha value is -2.85. The third-order valence-electron chi connectivity index (χ3n) is 4.58. The van der Waals surface area contributed by atoms with Gasteiger partial charge in [0.25, 0.3) is 0 Å². The second kappa shape index (κ2) is 8.31. The summed E-state index contributed by atoms with van der Waals surface area (Å²) in [5.41, 5.74) is 6.48. The lowest BCUT2D eigenvalue weighted by Gasteiger charge is -2.13. The second-order valence-electron chi connectivity index (χ2n) is 6.36. The number of aryl methyl sites for hydroxylation is 1. The molecule has 0 unspecified atom stereocenters. The van der Waals surface area contributed by atoms with Crippen molar-refractivity contribution in [3.05, 3.63) is 83.9 Å². The van der Waals surface area contributed by atoms with Gasteiger partial charge in [-0.2, -0.15) is 5.26 Å². The molecule has 0 aliphatic heterocycles. The fourth-order valence-electron chi connectivity index (χ4n) is 3.23. The van der Waals surface area contributed by atoms with Crippen LogP contribution in [0.1, 0.15) is 37.3 Å². The van der Waals surface area contributed by atoms with E-state index in [-0.39, 0.29) is 0 Å². The minimum absolute atomic E-state index is 0.718. The third kappa shape index (κ3) is 3.98. The highest BCUT2D eigenvalue weighted by atomic mass is 14.3. The Morgan fingerprint density at radius 2 is 1.52 bits per heavy atom. The number of hydrogen-bond donors (Lipinski definition) is 0. The average Bonchev–Trinajstić information content (AvgIpc) is 2.69. The third-order valence-corrected chi connectivity index (χ3v) is 4.58. The number of benzene rings is 3. The zero-order chi connectivity index (χ0) is 17.5. The second-order valence-corrected chi connectivity index (χ2v) is 6.36. The predicted molar refractivity (Wildman–Crippen MR) is 105 cm³/mol. The van der Waals surface area contributed by atoms with Crippen LogP contribution in [0.4, 0.5) is 0 Å². The summed E-state index contributed by atoms with van der Waals surface area (Å²) in [6.45, 7) is 2.23. The molecule has 124 valence electrons. The highest BCUT2D eigenvalue weighted by molar-refractivity contribution is 5.87. The molecule has 0 atom stereocenters. The molecule has 25 heavy (non-hydrogen) atoms. The van der Waals surface area contributed by atoms with E-state index < -0.39 is 0 Å². The van der Waals surface area contributed by atoms with Crippen LogP contribution in [-0.4, -0.2) is 0 Å². The Kier molecular flexibility index (Phi) is 5.65. The van der Waals surface area contributed by atoms with Gasteiger partial charge in [-0.3, -0.25) is 0 Å². The van der Waals surface area contributed by atoms with E-state index in [2.05, 4.69) is 55.5 Å². The molecule has 3 aromatic rings. The van der Waals surface area contributed by atoms with Gasteiger partial charge in [-0.25, -0.2) is 0 Å². The first-order chi connectivity index (χ1) is 12.3. The molecular weight excluding hydrogens is 302 g/mol. The fourth-order valence-corrected chi connectivity index (χ4v) is 3.23. The Balaban J connectivity index is 1.99. The Morgan fingerprint density at radius 1 is 0.760 bits per heavy atom. The van der Waals surface area contributed by atoms with E-state index in [9.17, 15) is 5.26 Å². The molecule has 0 aliphatic rings. The smallest absolute Gasteiger partial charge is 0.0998 e. The predicted octanol–water partition coefficient (Wildman–Crippen LogP) is 6.62. The molecule has 0 aliphatic carbocycles. The molecule has 1 nitrogen and oxygen atoms in total. The summed E-state index contributed by atoms with van der Waals surface area (Å²) in [5, 5.41) is 9.57. The van der Waals surface area contributed by atoms with Crippen molar-refractivity contribution < 1.29 is 0 Å². The topological polar surface area (TPSA) is 23.8 Å². The summed E-state index contributed by atoms with van der Waals surface area (Å²) in [6.07, 6.45) is 4.91. The van der Waals surface area contributed by atoms with Crippen LogP contribution in [0.2, 0.25) is 0 Å². The number of hydrogen-bond acceptors (Lipinski definition) is 1. The first kappa shape index (κ1) is 17.0. The summed E-state index contributed by atoms with van der Waals surface area (Å²) in [4.78, 5) is 0. The van der Waals surface area contributed by atoms with Crippen molar-refractivity contribution in [1.82, 2.24) is 0 Å². The first-order valence-corrected chi connectivity index (χ1v) is 9.01. The van der Waals surface area contributed by atoms with Crippen LogP contribution in [0.3, 0.4) is 0 Å². The molecule has 0 radical (unpaired) electrons. The molecule has 0 fully saturated rings. The van der Waals surface area contributed by atoms with Gasteiger partial charge in [0.2, 0.25) is 0 Å². The molecule has 0 spiro atoms.